The van der Waals surface area contributed by atoms with Crippen LogP contribution in [0.15, 0.2) is 21.7 Å². The molecule has 1 amide bonds. The van der Waals surface area contributed by atoms with Gasteiger partial charge in [0.25, 0.3) is 5.91 Å². The number of likely N-dealkylation sites (tertiary alicyclic amines) is 1. The summed E-state index contributed by atoms with van der Waals surface area (Å²) in [6.07, 6.45) is 5.06. The Balaban J connectivity index is 1.89. The predicted octanol–water partition coefficient (Wildman–Crippen LogP) is 2.10. The second kappa shape index (κ2) is 8.14. The summed E-state index contributed by atoms with van der Waals surface area (Å²) in [7, 11) is 1.48. The van der Waals surface area contributed by atoms with Crippen molar-refractivity contribution in [2.24, 2.45) is 5.10 Å². The number of hydrogen-bond donors (Lipinski definition) is 2. The number of hydrazone groups is 1. The highest BCUT2D eigenvalue weighted by molar-refractivity contribution is 9.10. The van der Waals surface area contributed by atoms with Crippen molar-refractivity contribution < 1.29 is 14.6 Å². The first kappa shape index (κ1) is 16.8. The standard InChI is InChI=1S/C15H20BrN3O3/c1-22-13-8-11(7-12(16)15(13)21)9-17-18-14(20)10-19-5-3-2-4-6-19/h7-9,21H,2-6,10H2,1H3,(H,18,20)/b17-9-. The van der Waals surface area contributed by atoms with Crippen molar-refractivity contribution in [2.75, 3.05) is 26.7 Å². The van der Waals surface area contributed by atoms with Crippen LogP contribution in [0, 0.1) is 0 Å². The molecule has 1 aromatic rings. The van der Waals surface area contributed by atoms with Crippen LogP contribution in [0.3, 0.4) is 0 Å². The van der Waals surface area contributed by atoms with Gasteiger partial charge in [-0.25, -0.2) is 5.43 Å². The second-order valence-electron chi connectivity index (χ2n) is 5.18. The molecule has 0 atom stereocenters. The summed E-state index contributed by atoms with van der Waals surface area (Å²) in [6, 6.07) is 3.33. The van der Waals surface area contributed by atoms with Crippen molar-refractivity contribution in [3.63, 3.8) is 0 Å². The van der Waals surface area contributed by atoms with E-state index in [1.165, 1.54) is 19.7 Å². The van der Waals surface area contributed by atoms with E-state index in [0.717, 1.165) is 25.9 Å². The van der Waals surface area contributed by atoms with Crippen LogP contribution in [0.1, 0.15) is 24.8 Å². The lowest BCUT2D eigenvalue weighted by Crippen LogP contribution is -2.38. The number of carbonyl (C=O) groups is 1. The van der Waals surface area contributed by atoms with Crippen LogP contribution in [-0.2, 0) is 4.79 Å². The maximum Gasteiger partial charge on any atom is 0.254 e. The lowest BCUT2D eigenvalue weighted by molar-refractivity contribution is -0.122. The van der Waals surface area contributed by atoms with Gasteiger partial charge < -0.3 is 9.84 Å². The molecule has 0 saturated carbocycles. The largest absolute Gasteiger partial charge is 0.503 e. The first-order valence-electron chi connectivity index (χ1n) is 7.21. The lowest BCUT2D eigenvalue weighted by atomic mass is 10.1. The molecule has 0 spiro atoms. The first-order valence-corrected chi connectivity index (χ1v) is 8.00. The Labute approximate surface area is 138 Å². The van der Waals surface area contributed by atoms with Crippen molar-refractivity contribution in [3.05, 3.63) is 22.2 Å². The van der Waals surface area contributed by atoms with Crippen molar-refractivity contribution in [2.45, 2.75) is 19.3 Å². The number of phenolic OH excluding ortho intramolecular Hbond substituents is 1. The third-order valence-corrected chi connectivity index (χ3v) is 4.09. The van der Waals surface area contributed by atoms with Crippen molar-refractivity contribution in [3.8, 4) is 11.5 Å². The summed E-state index contributed by atoms with van der Waals surface area (Å²) < 4.78 is 5.57. The van der Waals surface area contributed by atoms with E-state index in [0.29, 0.717) is 22.3 Å². The predicted molar refractivity (Wildman–Crippen MR) is 88.4 cm³/mol. The number of carbonyl (C=O) groups excluding carboxylic acids is 1. The minimum absolute atomic E-state index is 0.0359. The molecule has 0 radical (unpaired) electrons. The molecule has 0 aliphatic carbocycles. The van der Waals surface area contributed by atoms with Crippen molar-refractivity contribution in [1.29, 1.82) is 0 Å². The molecule has 1 aliphatic heterocycles. The zero-order valence-corrected chi connectivity index (χ0v) is 14.1. The molecular weight excluding hydrogens is 350 g/mol. The molecule has 1 fully saturated rings. The first-order chi connectivity index (χ1) is 10.6. The Kier molecular flexibility index (Phi) is 6.21. The van der Waals surface area contributed by atoms with Gasteiger partial charge in [0.05, 0.1) is 24.3 Å². The number of ether oxygens (including phenoxy) is 1. The van der Waals surface area contributed by atoms with E-state index in [1.807, 2.05) is 0 Å². The third-order valence-electron chi connectivity index (χ3n) is 3.49. The maximum atomic E-state index is 11.8. The van der Waals surface area contributed by atoms with E-state index < -0.39 is 0 Å². The van der Waals surface area contributed by atoms with E-state index >= 15 is 0 Å². The zero-order valence-electron chi connectivity index (χ0n) is 12.5. The molecule has 0 aromatic heterocycles. The number of halogens is 1. The highest BCUT2D eigenvalue weighted by Gasteiger charge is 2.13. The van der Waals surface area contributed by atoms with Crippen LogP contribution in [0.4, 0.5) is 0 Å². The third kappa shape index (κ3) is 4.71. The average molecular weight is 370 g/mol. The molecule has 0 unspecified atom stereocenters. The van der Waals surface area contributed by atoms with Crippen LogP contribution >= 0.6 is 15.9 Å². The fourth-order valence-corrected chi connectivity index (χ4v) is 2.82. The van der Waals surface area contributed by atoms with E-state index in [1.54, 1.807) is 12.1 Å². The normalized spacial score (nSPS) is 15.9. The fraction of sp³-hybridized carbons (Fsp3) is 0.467. The molecule has 1 aliphatic rings. The Morgan fingerprint density at radius 2 is 2.18 bits per heavy atom. The topological polar surface area (TPSA) is 74.2 Å². The van der Waals surface area contributed by atoms with Gasteiger partial charge in [0.2, 0.25) is 0 Å². The molecule has 0 bridgehead atoms. The molecule has 2 rings (SSSR count). The highest BCUT2D eigenvalue weighted by Crippen LogP contribution is 2.34. The number of nitrogens with one attached hydrogen (secondary N) is 1. The summed E-state index contributed by atoms with van der Waals surface area (Å²) in [4.78, 5) is 13.9. The van der Waals surface area contributed by atoms with Crippen molar-refractivity contribution >= 4 is 28.1 Å². The minimum atomic E-state index is -0.122. The number of amides is 1. The molecule has 1 aromatic carbocycles. The van der Waals surface area contributed by atoms with Gasteiger partial charge in [0.1, 0.15) is 0 Å². The molecule has 7 heteroatoms. The molecular formula is C15H20BrN3O3. The maximum absolute atomic E-state index is 11.8. The van der Waals surface area contributed by atoms with E-state index in [2.05, 4.69) is 31.4 Å². The van der Waals surface area contributed by atoms with Gasteiger partial charge >= 0.3 is 0 Å². The number of aromatic hydroxyl groups is 1. The number of nitrogens with zero attached hydrogens (tertiary/aromatic N) is 2. The quantitative estimate of drug-likeness (QED) is 0.615. The van der Waals surface area contributed by atoms with Crippen LogP contribution in [0.5, 0.6) is 11.5 Å². The summed E-state index contributed by atoms with van der Waals surface area (Å²) in [5.74, 6) is 0.257. The number of methoxy groups -OCH3 is 1. The Bertz CT molecular complexity index is 557. The smallest absolute Gasteiger partial charge is 0.254 e. The van der Waals surface area contributed by atoms with Crippen LogP contribution in [-0.4, -0.2) is 48.9 Å². The second-order valence-corrected chi connectivity index (χ2v) is 6.04. The summed E-state index contributed by atoms with van der Waals surface area (Å²) in [5.41, 5.74) is 3.23. The van der Waals surface area contributed by atoms with Crippen LogP contribution in [0.25, 0.3) is 0 Å². The molecule has 120 valence electrons. The van der Waals surface area contributed by atoms with Gasteiger partial charge in [-0.1, -0.05) is 6.42 Å². The van der Waals surface area contributed by atoms with Crippen LogP contribution < -0.4 is 10.2 Å². The summed E-state index contributed by atoms with van der Waals surface area (Å²) >= 11 is 3.24. The molecule has 1 saturated heterocycles. The number of phenols is 1. The number of benzene rings is 1. The van der Waals surface area contributed by atoms with E-state index in [4.69, 9.17) is 4.74 Å². The van der Waals surface area contributed by atoms with Gasteiger partial charge in [-0.2, -0.15) is 5.10 Å². The monoisotopic (exact) mass is 369 g/mol. The SMILES string of the molecule is COc1cc(/C=N\NC(=O)CN2CCCCC2)cc(Br)c1O. The Hall–Kier alpha value is -1.60. The van der Waals surface area contributed by atoms with Gasteiger partial charge in [-0.3, -0.25) is 9.69 Å². The molecule has 22 heavy (non-hydrogen) atoms. The van der Waals surface area contributed by atoms with Gasteiger partial charge in [0.15, 0.2) is 11.5 Å². The number of hydrogen-bond acceptors (Lipinski definition) is 5. The van der Waals surface area contributed by atoms with Gasteiger partial charge in [-0.15, -0.1) is 0 Å². The lowest BCUT2D eigenvalue weighted by Gasteiger charge is -2.25. The molecule has 1 heterocycles. The van der Waals surface area contributed by atoms with Gasteiger partial charge in [0, 0.05) is 0 Å². The number of rotatable bonds is 5. The zero-order chi connectivity index (χ0) is 15.9. The summed E-state index contributed by atoms with van der Waals surface area (Å²) in [6.45, 7) is 2.32. The minimum Gasteiger partial charge on any atom is -0.503 e. The van der Waals surface area contributed by atoms with Gasteiger partial charge in [-0.05, 0) is 59.6 Å². The molecule has 2 N–H and O–H groups in total. The van der Waals surface area contributed by atoms with Crippen LogP contribution in [0.2, 0.25) is 0 Å². The van der Waals surface area contributed by atoms with Crippen molar-refractivity contribution in [1.82, 2.24) is 10.3 Å². The average Bonchev–Trinajstić information content (AvgIpc) is 2.51. The Morgan fingerprint density at radius 3 is 2.86 bits per heavy atom. The molecule has 6 nitrogen and oxygen atoms in total. The van der Waals surface area contributed by atoms with E-state index in [-0.39, 0.29) is 11.7 Å². The Morgan fingerprint density at radius 1 is 1.45 bits per heavy atom. The number of piperidine rings is 1. The fourth-order valence-electron chi connectivity index (χ4n) is 2.36. The summed E-state index contributed by atoms with van der Waals surface area (Å²) in [5, 5.41) is 13.7. The van der Waals surface area contributed by atoms with E-state index in [9.17, 15) is 9.90 Å². The highest BCUT2D eigenvalue weighted by atomic mass is 79.9.